The van der Waals surface area contributed by atoms with Crippen molar-refractivity contribution in [2.24, 2.45) is 0 Å². The first-order valence-electron chi connectivity index (χ1n) is 6.93. The van der Waals surface area contributed by atoms with Crippen LogP contribution in [0.2, 0.25) is 0 Å². The second-order valence-corrected chi connectivity index (χ2v) is 4.67. The summed E-state index contributed by atoms with van der Waals surface area (Å²) in [6.07, 6.45) is 0. The Labute approximate surface area is 124 Å². The van der Waals surface area contributed by atoms with E-state index in [0.717, 1.165) is 16.9 Å². The lowest BCUT2D eigenvalue weighted by molar-refractivity contribution is -0.139. The van der Waals surface area contributed by atoms with Crippen LogP contribution in [0.1, 0.15) is 24.1 Å². The van der Waals surface area contributed by atoms with Gasteiger partial charge in [-0.3, -0.25) is 4.79 Å². The molecule has 0 saturated carbocycles. The number of likely N-dealkylation sites (N-methyl/N-ethyl adjacent to an activating group) is 1. The first-order valence-corrected chi connectivity index (χ1v) is 6.93. The third kappa shape index (κ3) is 4.33. The van der Waals surface area contributed by atoms with Gasteiger partial charge < -0.3 is 15.2 Å². The maximum absolute atomic E-state index is 11.2. The number of carbonyl (C=O) groups is 1. The van der Waals surface area contributed by atoms with E-state index in [-0.39, 0.29) is 0 Å². The molecule has 2 aromatic carbocycles. The number of ether oxygens (including phenoxy) is 1. The van der Waals surface area contributed by atoms with Gasteiger partial charge in [-0.15, -0.1) is 0 Å². The van der Waals surface area contributed by atoms with E-state index in [1.165, 1.54) is 0 Å². The fraction of sp³-hybridized carbons (Fsp3) is 0.235. The van der Waals surface area contributed by atoms with Crippen molar-refractivity contribution >= 4 is 5.97 Å². The van der Waals surface area contributed by atoms with Gasteiger partial charge in [-0.2, -0.15) is 0 Å². The molecule has 2 N–H and O–H groups in total. The highest BCUT2D eigenvalue weighted by Crippen LogP contribution is 2.19. The van der Waals surface area contributed by atoms with Crippen LogP contribution in [0.5, 0.6) is 5.75 Å². The minimum absolute atomic E-state index is 0.496. The van der Waals surface area contributed by atoms with Crippen molar-refractivity contribution in [1.82, 2.24) is 5.32 Å². The van der Waals surface area contributed by atoms with Gasteiger partial charge in [0.25, 0.3) is 0 Å². The summed E-state index contributed by atoms with van der Waals surface area (Å²) in [5, 5.41) is 12.1. The Hall–Kier alpha value is -2.33. The molecule has 1 unspecified atom stereocenters. The number of hydrogen-bond donors (Lipinski definition) is 2. The van der Waals surface area contributed by atoms with E-state index < -0.39 is 12.0 Å². The van der Waals surface area contributed by atoms with Gasteiger partial charge in [-0.05, 0) is 29.8 Å². The molecule has 0 aliphatic carbocycles. The Morgan fingerprint density at radius 1 is 1.14 bits per heavy atom. The van der Waals surface area contributed by atoms with Crippen molar-refractivity contribution in [2.45, 2.75) is 19.6 Å². The van der Waals surface area contributed by atoms with Crippen molar-refractivity contribution in [1.29, 1.82) is 0 Å². The van der Waals surface area contributed by atoms with E-state index in [4.69, 9.17) is 4.74 Å². The molecule has 21 heavy (non-hydrogen) atoms. The third-order valence-corrected chi connectivity index (χ3v) is 3.12. The predicted octanol–water partition coefficient (Wildman–Crippen LogP) is 3.00. The highest BCUT2D eigenvalue weighted by Gasteiger charge is 2.17. The van der Waals surface area contributed by atoms with Crippen molar-refractivity contribution < 1.29 is 14.6 Å². The first-order chi connectivity index (χ1) is 10.2. The largest absolute Gasteiger partial charge is 0.489 e. The second-order valence-electron chi connectivity index (χ2n) is 4.67. The lowest BCUT2D eigenvalue weighted by Crippen LogP contribution is -2.28. The number of hydrogen-bond acceptors (Lipinski definition) is 3. The highest BCUT2D eigenvalue weighted by molar-refractivity contribution is 5.75. The van der Waals surface area contributed by atoms with Crippen molar-refractivity contribution in [2.75, 3.05) is 6.54 Å². The van der Waals surface area contributed by atoms with Crippen molar-refractivity contribution in [3.8, 4) is 5.75 Å². The Balaban J connectivity index is 1.99. The summed E-state index contributed by atoms with van der Waals surface area (Å²) < 4.78 is 5.68. The van der Waals surface area contributed by atoms with E-state index in [2.05, 4.69) is 5.32 Å². The van der Waals surface area contributed by atoms with Crippen LogP contribution in [0.25, 0.3) is 0 Å². The lowest BCUT2D eigenvalue weighted by atomic mass is 10.1. The van der Waals surface area contributed by atoms with E-state index >= 15 is 0 Å². The molecule has 0 fully saturated rings. The van der Waals surface area contributed by atoms with Gasteiger partial charge in [0.05, 0.1) is 0 Å². The van der Waals surface area contributed by atoms with Crippen molar-refractivity contribution in [3.05, 3.63) is 65.7 Å². The third-order valence-electron chi connectivity index (χ3n) is 3.12. The molecule has 0 aliphatic heterocycles. The molecule has 4 heteroatoms. The van der Waals surface area contributed by atoms with Gasteiger partial charge in [0.15, 0.2) is 0 Å². The fourth-order valence-corrected chi connectivity index (χ4v) is 2.05. The summed E-state index contributed by atoms with van der Waals surface area (Å²) in [6, 6.07) is 16.4. The molecular formula is C17H19NO3. The Morgan fingerprint density at radius 2 is 1.81 bits per heavy atom. The maximum atomic E-state index is 11.2. The predicted molar refractivity (Wildman–Crippen MR) is 81.3 cm³/mol. The monoisotopic (exact) mass is 285 g/mol. The van der Waals surface area contributed by atoms with Gasteiger partial charge in [-0.25, -0.2) is 0 Å². The van der Waals surface area contributed by atoms with Crippen LogP contribution in [0.4, 0.5) is 0 Å². The average Bonchev–Trinajstić information content (AvgIpc) is 2.52. The van der Waals surface area contributed by atoms with Gasteiger partial charge in [0, 0.05) is 0 Å². The van der Waals surface area contributed by atoms with Crippen molar-refractivity contribution in [3.63, 3.8) is 0 Å². The Morgan fingerprint density at radius 3 is 2.38 bits per heavy atom. The van der Waals surface area contributed by atoms with Gasteiger partial charge >= 0.3 is 5.97 Å². The quantitative estimate of drug-likeness (QED) is 0.821. The molecule has 0 spiro atoms. The molecule has 0 aliphatic rings. The normalized spacial score (nSPS) is 11.9. The summed E-state index contributed by atoms with van der Waals surface area (Å²) >= 11 is 0. The second kappa shape index (κ2) is 7.45. The van der Waals surface area contributed by atoms with Crippen LogP contribution in [-0.2, 0) is 11.4 Å². The van der Waals surface area contributed by atoms with E-state index in [1.54, 1.807) is 24.3 Å². The van der Waals surface area contributed by atoms with Gasteiger partial charge in [0.1, 0.15) is 18.4 Å². The molecule has 0 bridgehead atoms. The molecule has 0 radical (unpaired) electrons. The zero-order valence-electron chi connectivity index (χ0n) is 12.0. The number of nitrogens with one attached hydrogen (secondary N) is 1. The summed E-state index contributed by atoms with van der Waals surface area (Å²) in [7, 11) is 0. The smallest absolute Gasteiger partial charge is 0.325 e. The molecule has 1 atom stereocenters. The lowest BCUT2D eigenvalue weighted by Gasteiger charge is -2.14. The van der Waals surface area contributed by atoms with Crippen LogP contribution in [0.15, 0.2) is 54.6 Å². The zero-order valence-corrected chi connectivity index (χ0v) is 12.0. The van der Waals surface area contributed by atoms with Crippen LogP contribution in [-0.4, -0.2) is 17.6 Å². The zero-order chi connectivity index (χ0) is 15.1. The molecule has 0 aromatic heterocycles. The van der Waals surface area contributed by atoms with Crippen LogP contribution in [0.3, 0.4) is 0 Å². The number of aliphatic carboxylic acids is 1. The summed E-state index contributed by atoms with van der Waals surface area (Å²) in [4.78, 5) is 11.2. The summed E-state index contributed by atoms with van der Waals surface area (Å²) in [5.41, 5.74) is 1.81. The molecule has 0 amide bonds. The minimum atomic E-state index is -0.880. The molecule has 4 nitrogen and oxygen atoms in total. The van der Waals surface area contributed by atoms with E-state index in [9.17, 15) is 9.90 Å². The topological polar surface area (TPSA) is 58.6 Å². The number of benzene rings is 2. The molecule has 0 saturated heterocycles. The fourth-order valence-electron chi connectivity index (χ4n) is 2.05. The van der Waals surface area contributed by atoms with Gasteiger partial charge in [-0.1, -0.05) is 49.4 Å². The molecule has 0 heterocycles. The van der Waals surface area contributed by atoms with Crippen LogP contribution < -0.4 is 10.1 Å². The maximum Gasteiger partial charge on any atom is 0.325 e. The SMILES string of the molecule is CCNC(C(=O)O)c1ccc(OCc2ccccc2)cc1. The number of rotatable bonds is 7. The first kappa shape index (κ1) is 15.1. The molecule has 2 rings (SSSR count). The molecule has 2 aromatic rings. The van der Waals surface area contributed by atoms with Gasteiger partial charge in [0.2, 0.25) is 0 Å². The summed E-state index contributed by atoms with van der Waals surface area (Å²) in [6.45, 7) is 2.98. The summed E-state index contributed by atoms with van der Waals surface area (Å²) in [5.74, 6) is -0.155. The van der Waals surface area contributed by atoms with E-state index in [1.807, 2.05) is 37.3 Å². The number of carboxylic acid groups (broad SMARTS) is 1. The number of carboxylic acids is 1. The Kier molecular flexibility index (Phi) is 5.35. The van der Waals surface area contributed by atoms with Crippen LogP contribution >= 0.6 is 0 Å². The van der Waals surface area contributed by atoms with E-state index in [0.29, 0.717) is 13.2 Å². The highest BCUT2D eigenvalue weighted by atomic mass is 16.5. The standard InChI is InChI=1S/C17H19NO3/c1-2-18-16(17(19)20)14-8-10-15(11-9-14)21-12-13-6-4-3-5-7-13/h3-11,16,18H,2,12H2,1H3,(H,19,20). The minimum Gasteiger partial charge on any atom is -0.489 e. The Bertz CT molecular complexity index is 566. The molecular weight excluding hydrogens is 266 g/mol. The van der Waals surface area contributed by atoms with Crippen LogP contribution in [0, 0.1) is 0 Å². The molecule has 110 valence electrons. The average molecular weight is 285 g/mol.